The summed E-state index contributed by atoms with van der Waals surface area (Å²) in [4.78, 5) is 25.8. The maximum Gasteiger partial charge on any atom is 0.282 e. The second kappa shape index (κ2) is 7.21. The van der Waals surface area contributed by atoms with E-state index in [1.54, 1.807) is 24.4 Å². The Labute approximate surface area is 172 Å². The zero-order valence-corrected chi connectivity index (χ0v) is 17.0. The van der Waals surface area contributed by atoms with Crippen LogP contribution in [0.25, 0.3) is 27.6 Å². The van der Waals surface area contributed by atoms with Crippen LogP contribution in [-0.4, -0.2) is 56.9 Å². The molecule has 30 heavy (non-hydrogen) atoms. The number of anilines is 1. The van der Waals surface area contributed by atoms with E-state index < -0.39 is 0 Å². The van der Waals surface area contributed by atoms with Gasteiger partial charge in [0, 0.05) is 50.0 Å². The van der Waals surface area contributed by atoms with E-state index in [0.717, 1.165) is 26.2 Å². The molecule has 1 saturated heterocycles. The molecule has 4 heterocycles. The average molecular weight is 406 g/mol. The summed E-state index contributed by atoms with van der Waals surface area (Å²) in [7, 11) is 0. The number of hydrogen-bond donors (Lipinski definition) is 1. The van der Waals surface area contributed by atoms with Crippen molar-refractivity contribution in [2.24, 2.45) is 0 Å². The number of aromatic nitrogens is 4. The van der Waals surface area contributed by atoms with Crippen LogP contribution in [0.2, 0.25) is 0 Å². The second-order valence-corrected chi connectivity index (χ2v) is 7.90. The van der Waals surface area contributed by atoms with Crippen LogP contribution in [0.3, 0.4) is 0 Å². The first-order valence-electron chi connectivity index (χ1n) is 10.2. The lowest BCUT2D eigenvalue weighted by Gasteiger charge is -2.38. The number of H-pyrrole nitrogens is 1. The molecule has 0 aliphatic carbocycles. The quantitative estimate of drug-likeness (QED) is 0.567. The molecule has 0 saturated carbocycles. The SMILES string of the molecule is CC(C)N1CCN(c2ccc3c(ncc4c(=O)n(-c5ccccn5)[nH]c43)c2F)CC1. The van der Waals surface area contributed by atoms with Crippen LogP contribution >= 0.6 is 0 Å². The number of hydrogen-bond acceptors (Lipinski definition) is 5. The fourth-order valence-corrected chi connectivity index (χ4v) is 4.16. The molecule has 0 unspecified atom stereocenters. The zero-order valence-electron chi connectivity index (χ0n) is 17.0. The van der Waals surface area contributed by atoms with Gasteiger partial charge in [-0.3, -0.25) is 19.8 Å². The van der Waals surface area contributed by atoms with Crippen molar-refractivity contribution in [3.05, 3.63) is 58.9 Å². The fraction of sp³-hybridized carbons (Fsp3) is 0.318. The van der Waals surface area contributed by atoms with Crippen molar-refractivity contribution in [3.63, 3.8) is 0 Å². The Hall–Kier alpha value is -3.26. The molecule has 7 nitrogen and oxygen atoms in total. The highest BCUT2D eigenvalue weighted by atomic mass is 19.1. The van der Waals surface area contributed by atoms with Gasteiger partial charge < -0.3 is 4.90 Å². The topological polar surface area (TPSA) is 70.0 Å². The summed E-state index contributed by atoms with van der Waals surface area (Å²) in [5.41, 5.74) is 1.13. The van der Waals surface area contributed by atoms with Crippen LogP contribution in [0.1, 0.15) is 13.8 Å². The number of nitrogens with zero attached hydrogens (tertiary/aromatic N) is 5. The lowest BCUT2D eigenvalue weighted by Crippen LogP contribution is -2.49. The molecule has 1 aliphatic rings. The molecular weight excluding hydrogens is 383 g/mol. The summed E-state index contributed by atoms with van der Waals surface area (Å²) in [5.74, 6) is 0.130. The van der Waals surface area contributed by atoms with Gasteiger partial charge in [-0.2, -0.15) is 0 Å². The predicted octanol–water partition coefficient (Wildman–Crippen LogP) is 2.93. The van der Waals surface area contributed by atoms with Crippen LogP contribution < -0.4 is 10.5 Å². The number of halogens is 1. The number of aromatic amines is 1. The Kier molecular flexibility index (Phi) is 4.51. The molecule has 1 aromatic carbocycles. The Balaban J connectivity index is 1.58. The maximum atomic E-state index is 15.4. The van der Waals surface area contributed by atoms with E-state index in [1.807, 2.05) is 12.1 Å². The Morgan fingerprint density at radius 3 is 2.53 bits per heavy atom. The summed E-state index contributed by atoms with van der Waals surface area (Å²) < 4.78 is 16.8. The van der Waals surface area contributed by atoms with E-state index >= 15 is 4.39 Å². The largest absolute Gasteiger partial charge is 0.367 e. The molecule has 1 N–H and O–H groups in total. The summed E-state index contributed by atoms with van der Waals surface area (Å²) in [6.07, 6.45) is 3.06. The van der Waals surface area contributed by atoms with Crippen molar-refractivity contribution in [2.75, 3.05) is 31.1 Å². The van der Waals surface area contributed by atoms with Crippen LogP contribution in [-0.2, 0) is 0 Å². The van der Waals surface area contributed by atoms with Crippen molar-refractivity contribution in [1.82, 2.24) is 24.6 Å². The number of piperazine rings is 1. The molecule has 0 bridgehead atoms. The van der Waals surface area contributed by atoms with Crippen molar-refractivity contribution in [2.45, 2.75) is 19.9 Å². The smallest absolute Gasteiger partial charge is 0.282 e. The third kappa shape index (κ3) is 2.95. The third-order valence-corrected chi connectivity index (χ3v) is 5.88. The van der Waals surface area contributed by atoms with Gasteiger partial charge in [0.05, 0.1) is 16.6 Å². The zero-order chi connectivity index (χ0) is 20.8. The first-order chi connectivity index (χ1) is 14.5. The van der Waals surface area contributed by atoms with E-state index in [9.17, 15) is 4.79 Å². The summed E-state index contributed by atoms with van der Waals surface area (Å²) in [6, 6.07) is 9.45. The van der Waals surface area contributed by atoms with Gasteiger partial charge in [0.1, 0.15) is 5.52 Å². The van der Waals surface area contributed by atoms with E-state index in [4.69, 9.17) is 0 Å². The lowest BCUT2D eigenvalue weighted by atomic mass is 10.1. The van der Waals surface area contributed by atoms with Crippen molar-refractivity contribution < 1.29 is 4.39 Å². The van der Waals surface area contributed by atoms with E-state index in [0.29, 0.717) is 33.8 Å². The number of fused-ring (bicyclic) bond motifs is 3. The predicted molar refractivity (Wildman–Crippen MR) is 116 cm³/mol. The summed E-state index contributed by atoms with van der Waals surface area (Å²) >= 11 is 0. The lowest BCUT2D eigenvalue weighted by molar-refractivity contribution is 0.209. The molecule has 0 spiro atoms. The average Bonchev–Trinajstić information content (AvgIpc) is 3.12. The standard InChI is InChI=1S/C22H23FN6O/c1-14(2)27-9-11-28(12-10-27)17-7-6-15-20-16(13-25-21(15)19(17)23)22(30)29(26-20)18-5-3-4-8-24-18/h3-8,13-14,26H,9-12H2,1-2H3. The van der Waals surface area contributed by atoms with E-state index in [1.165, 1.54) is 10.9 Å². The van der Waals surface area contributed by atoms with Gasteiger partial charge in [-0.1, -0.05) is 6.07 Å². The van der Waals surface area contributed by atoms with Crippen LogP contribution in [0.4, 0.5) is 10.1 Å². The van der Waals surface area contributed by atoms with Gasteiger partial charge in [0.15, 0.2) is 11.6 Å². The van der Waals surface area contributed by atoms with E-state index in [-0.39, 0.29) is 16.9 Å². The van der Waals surface area contributed by atoms with Crippen LogP contribution in [0.5, 0.6) is 0 Å². The van der Waals surface area contributed by atoms with Crippen LogP contribution in [0, 0.1) is 5.82 Å². The number of rotatable bonds is 3. The fourth-order valence-electron chi connectivity index (χ4n) is 4.16. The van der Waals surface area contributed by atoms with E-state index in [2.05, 4.69) is 38.7 Å². The van der Waals surface area contributed by atoms with Gasteiger partial charge >= 0.3 is 0 Å². The first kappa shape index (κ1) is 18.7. The van der Waals surface area contributed by atoms with Gasteiger partial charge in [0.2, 0.25) is 0 Å². The molecule has 5 rings (SSSR count). The minimum atomic E-state index is -0.348. The van der Waals surface area contributed by atoms with Gasteiger partial charge in [-0.15, -0.1) is 0 Å². The van der Waals surface area contributed by atoms with Crippen LogP contribution in [0.15, 0.2) is 47.5 Å². The molecular formula is C22H23FN6O. The molecule has 3 aromatic heterocycles. The molecule has 8 heteroatoms. The normalized spacial score (nSPS) is 15.5. The Morgan fingerprint density at radius 2 is 1.83 bits per heavy atom. The molecule has 154 valence electrons. The monoisotopic (exact) mass is 406 g/mol. The number of nitrogens with one attached hydrogen (secondary N) is 1. The Bertz CT molecular complexity index is 1270. The Morgan fingerprint density at radius 1 is 1.03 bits per heavy atom. The van der Waals surface area contributed by atoms with Crippen molar-refractivity contribution >= 4 is 27.5 Å². The molecule has 4 aromatic rings. The highest BCUT2D eigenvalue weighted by Crippen LogP contribution is 2.30. The minimum absolute atomic E-state index is 0.257. The highest BCUT2D eigenvalue weighted by molar-refractivity contribution is 6.04. The maximum absolute atomic E-state index is 15.4. The number of pyridine rings is 2. The molecule has 0 radical (unpaired) electrons. The number of benzene rings is 1. The minimum Gasteiger partial charge on any atom is -0.367 e. The highest BCUT2D eigenvalue weighted by Gasteiger charge is 2.23. The van der Waals surface area contributed by atoms with Gasteiger partial charge in [-0.25, -0.2) is 14.1 Å². The second-order valence-electron chi connectivity index (χ2n) is 7.90. The molecule has 0 atom stereocenters. The molecule has 1 fully saturated rings. The van der Waals surface area contributed by atoms with Gasteiger partial charge in [0.25, 0.3) is 5.56 Å². The van der Waals surface area contributed by atoms with Crippen molar-refractivity contribution in [3.8, 4) is 5.82 Å². The molecule has 0 amide bonds. The summed E-state index contributed by atoms with van der Waals surface area (Å²) in [6.45, 7) is 7.72. The summed E-state index contributed by atoms with van der Waals surface area (Å²) in [5, 5.41) is 4.08. The third-order valence-electron chi connectivity index (χ3n) is 5.88. The van der Waals surface area contributed by atoms with Gasteiger partial charge in [-0.05, 0) is 38.1 Å². The van der Waals surface area contributed by atoms with Crippen molar-refractivity contribution in [1.29, 1.82) is 0 Å². The molecule has 1 aliphatic heterocycles. The first-order valence-corrected chi connectivity index (χ1v) is 10.2.